The normalized spacial score (nSPS) is 10.3. The number of anilines is 1. The number of hydrogen-bond acceptors (Lipinski definition) is 2. The number of hydrogen-bond donors (Lipinski definition) is 1. The topological polar surface area (TPSA) is 29.3 Å². The third kappa shape index (κ3) is 3.19. The van der Waals surface area contributed by atoms with Crippen LogP contribution in [0.3, 0.4) is 0 Å². The van der Waals surface area contributed by atoms with Gasteiger partial charge in [0.2, 0.25) is 0 Å². The Hall–Kier alpha value is -1.39. The van der Waals surface area contributed by atoms with Crippen molar-refractivity contribution in [3.8, 4) is 0 Å². The van der Waals surface area contributed by atoms with Crippen molar-refractivity contribution in [1.29, 1.82) is 0 Å². The van der Waals surface area contributed by atoms with Crippen molar-refractivity contribution in [2.75, 3.05) is 11.9 Å². The maximum absolute atomic E-state index is 5.85. The lowest BCUT2D eigenvalue weighted by Gasteiger charge is -2.23. The minimum Gasteiger partial charge on any atom is -0.389 e. The lowest BCUT2D eigenvalue weighted by atomic mass is 10.1. The van der Waals surface area contributed by atoms with E-state index in [1.54, 1.807) is 0 Å². The van der Waals surface area contributed by atoms with Gasteiger partial charge in [0.25, 0.3) is 0 Å². The first-order valence-corrected chi connectivity index (χ1v) is 7.54. The molecule has 2 nitrogen and oxygen atoms in total. The van der Waals surface area contributed by atoms with Crippen molar-refractivity contribution < 1.29 is 0 Å². The fraction of sp³-hybridized carbons (Fsp3) is 0.188. The standard InChI is InChI=1S/C16H17BrN2S/c1-11-6-3-4-7-12(11)10-19(2)14-9-5-8-13(17)15(14)16(18)20/h3-9H,10H2,1-2H3,(H2,18,20). The Morgan fingerprint density at radius 3 is 2.55 bits per heavy atom. The first kappa shape index (κ1) is 15.0. The first-order chi connectivity index (χ1) is 9.50. The number of thiocarbonyl (C=S) groups is 1. The number of nitrogens with zero attached hydrogens (tertiary/aromatic N) is 1. The quantitative estimate of drug-likeness (QED) is 0.845. The fourth-order valence-electron chi connectivity index (χ4n) is 2.20. The summed E-state index contributed by atoms with van der Waals surface area (Å²) in [5.41, 5.74) is 10.4. The molecule has 0 fully saturated rings. The Balaban J connectivity index is 2.35. The summed E-state index contributed by atoms with van der Waals surface area (Å²) < 4.78 is 0.930. The molecule has 0 saturated heterocycles. The molecular weight excluding hydrogens is 332 g/mol. The second-order valence-electron chi connectivity index (χ2n) is 4.78. The highest BCUT2D eigenvalue weighted by atomic mass is 79.9. The molecule has 0 unspecified atom stereocenters. The average molecular weight is 349 g/mol. The van der Waals surface area contributed by atoms with E-state index in [1.807, 2.05) is 18.2 Å². The zero-order valence-electron chi connectivity index (χ0n) is 11.6. The molecule has 0 aliphatic heterocycles. The van der Waals surface area contributed by atoms with Crippen LogP contribution in [0.5, 0.6) is 0 Å². The SMILES string of the molecule is Cc1ccccc1CN(C)c1cccc(Br)c1C(N)=S. The minimum atomic E-state index is 0.407. The Bertz CT molecular complexity index is 640. The van der Waals surface area contributed by atoms with Crippen molar-refractivity contribution in [1.82, 2.24) is 0 Å². The van der Waals surface area contributed by atoms with Gasteiger partial charge in [0.1, 0.15) is 4.99 Å². The van der Waals surface area contributed by atoms with Gasteiger partial charge < -0.3 is 10.6 Å². The molecule has 0 saturated carbocycles. The third-order valence-corrected chi connectivity index (χ3v) is 4.18. The monoisotopic (exact) mass is 348 g/mol. The summed E-state index contributed by atoms with van der Waals surface area (Å²) in [5.74, 6) is 0. The molecular formula is C16H17BrN2S. The highest BCUT2D eigenvalue weighted by molar-refractivity contribution is 9.10. The van der Waals surface area contributed by atoms with E-state index in [4.69, 9.17) is 18.0 Å². The molecule has 20 heavy (non-hydrogen) atoms. The van der Waals surface area contributed by atoms with Gasteiger partial charge in [0, 0.05) is 29.3 Å². The summed E-state index contributed by atoms with van der Waals surface area (Å²) in [4.78, 5) is 2.57. The van der Waals surface area contributed by atoms with E-state index in [-0.39, 0.29) is 0 Å². The van der Waals surface area contributed by atoms with E-state index in [1.165, 1.54) is 11.1 Å². The number of rotatable bonds is 4. The molecule has 2 aromatic rings. The smallest absolute Gasteiger partial charge is 0.107 e. The van der Waals surface area contributed by atoms with Crippen molar-refractivity contribution in [3.05, 3.63) is 63.6 Å². The summed E-state index contributed by atoms with van der Waals surface area (Å²) in [6, 6.07) is 14.4. The van der Waals surface area contributed by atoms with Gasteiger partial charge in [-0.05, 0) is 46.1 Å². The van der Waals surface area contributed by atoms with E-state index in [0.29, 0.717) is 4.99 Å². The molecule has 0 heterocycles. The van der Waals surface area contributed by atoms with Crippen molar-refractivity contribution in [2.45, 2.75) is 13.5 Å². The maximum atomic E-state index is 5.85. The number of benzene rings is 2. The van der Waals surface area contributed by atoms with E-state index in [9.17, 15) is 0 Å². The third-order valence-electron chi connectivity index (χ3n) is 3.32. The number of nitrogens with two attached hydrogens (primary N) is 1. The second kappa shape index (κ2) is 6.37. The Kier molecular flexibility index (Phi) is 4.78. The van der Waals surface area contributed by atoms with E-state index in [2.05, 4.69) is 59.1 Å². The minimum absolute atomic E-state index is 0.407. The molecule has 0 amide bonds. The molecule has 2 N–H and O–H groups in total. The van der Waals surface area contributed by atoms with E-state index >= 15 is 0 Å². The zero-order chi connectivity index (χ0) is 14.7. The van der Waals surface area contributed by atoms with Crippen LogP contribution in [0.25, 0.3) is 0 Å². The van der Waals surface area contributed by atoms with Gasteiger partial charge >= 0.3 is 0 Å². The van der Waals surface area contributed by atoms with Crippen molar-refractivity contribution in [3.63, 3.8) is 0 Å². The number of aryl methyl sites for hydroxylation is 1. The van der Waals surface area contributed by atoms with Gasteiger partial charge in [-0.2, -0.15) is 0 Å². The van der Waals surface area contributed by atoms with Crippen LogP contribution >= 0.6 is 28.1 Å². The molecule has 0 atom stereocenters. The summed E-state index contributed by atoms with van der Waals surface area (Å²) in [6.07, 6.45) is 0. The van der Waals surface area contributed by atoms with Gasteiger partial charge in [0.05, 0.1) is 0 Å². The van der Waals surface area contributed by atoms with Crippen LogP contribution in [0, 0.1) is 6.92 Å². The molecule has 104 valence electrons. The van der Waals surface area contributed by atoms with Crippen LogP contribution in [0.4, 0.5) is 5.69 Å². The lowest BCUT2D eigenvalue weighted by Crippen LogP contribution is -2.22. The number of halogens is 1. The largest absolute Gasteiger partial charge is 0.389 e. The maximum Gasteiger partial charge on any atom is 0.107 e. The van der Waals surface area contributed by atoms with Gasteiger partial charge in [-0.25, -0.2) is 0 Å². The van der Waals surface area contributed by atoms with Crippen LogP contribution < -0.4 is 10.6 Å². The van der Waals surface area contributed by atoms with Crippen molar-refractivity contribution >= 4 is 38.8 Å². The first-order valence-electron chi connectivity index (χ1n) is 6.34. The molecule has 4 heteroatoms. The van der Waals surface area contributed by atoms with Crippen LogP contribution in [0.15, 0.2) is 46.9 Å². The van der Waals surface area contributed by atoms with Crippen LogP contribution in [0.1, 0.15) is 16.7 Å². The predicted octanol–water partition coefficient (Wildman–Crippen LogP) is 4.03. The van der Waals surface area contributed by atoms with Crippen LogP contribution in [-0.4, -0.2) is 12.0 Å². The zero-order valence-corrected chi connectivity index (χ0v) is 14.0. The lowest BCUT2D eigenvalue weighted by molar-refractivity contribution is 0.912. The molecule has 0 aliphatic carbocycles. The molecule has 0 spiro atoms. The van der Waals surface area contributed by atoms with Gasteiger partial charge in [-0.3, -0.25) is 0 Å². The molecule has 0 radical (unpaired) electrons. The van der Waals surface area contributed by atoms with Crippen molar-refractivity contribution in [2.24, 2.45) is 5.73 Å². The summed E-state index contributed by atoms with van der Waals surface area (Å²) in [7, 11) is 2.05. The molecule has 2 rings (SSSR count). The highest BCUT2D eigenvalue weighted by Crippen LogP contribution is 2.28. The Morgan fingerprint density at radius 2 is 1.90 bits per heavy atom. The predicted molar refractivity (Wildman–Crippen MR) is 93.3 cm³/mol. The van der Waals surface area contributed by atoms with Gasteiger partial charge in [-0.1, -0.05) is 42.5 Å². The summed E-state index contributed by atoms with van der Waals surface area (Å²) in [5, 5.41) is 0. The summed E-state index contributed by atoms with van der Waals surface area (Å²) >= 11 is 8.69. The Morgan fingerprint density at radius 1 is 1.20 bits per heavy atom. The fourth-order valence-corrected chi connectivity index (χ4v) is 3.12. The van der Waals surface area contributed by atoms with E-state index < -0.39 is 0 Å². The second-order valence-corrected chi connectivity index (χ2v) is 6.07. The van der Waals surface area contributed by atoms with Crippen LogP contribution in [-0.2, 0) is 6.54 Å². The summed E-state index contributed by atoms with van der Waals surface area (Å²) in [6.45, 7) is 2.94. The Labute approximate surface area is 133 Å². The molecule has 0 aromatic heterocycles. The van der Waals surface area contributed by atoms with Gasteiger partial charge in [-0.15, -0.1) is 0 Å². The molecule has 0 bridgehead atoms. The molecule has 2 aromatic carbocycles. The average Bonchev–Trinajstić information content (AvgIpc) is 2.40. The highest BCUT2D eigenvalue weighted by Gasteiger charge is 2.13. The van der Waals surface area contributed by atoms with Gasteiger partial charge in [0.15, 0.2) is 0 Å². The van der Waals surface area contributed by atoms with E-state index in [0.717, 1.165) is 22.3 Å². The molecule has 0 aliphatic rings. The van der Waals surface area contributed by atoms with Crippen LogP contribution in [0.2, 0.25) is 0 Å².